The van der Waals surface area contributed by atoms with E-state index >= 15 is 0 Å². The molecule has 4 heteroatoms. The van der Waals surface area contributed by atoms with Gasteiger partial charge in [-0.05, 0) is 44.4 Å². The van der Waals surface area contributed by atoms with E-state index in [2.05, 4.69) is 36.6 Å². The number of imidazole rings is 1. The van der Waals surface area contributed by atoms with E-state index in [9.17, 15) is 0 Å². The van der Waals surface area contributed by atoms with Crippen molar-refractivity contribution in [3.8, 4) is 0 Å². The molecule has 0 radical (unpaired) electrons. The molecular formula is C16H21ClN2O. The van der Waals surface area contributed by atoms with E-state index in [-0.39, 0.29) is 0 Å². The first-order valence-electron chi connectivity index (χ1n) is 7.35. The van der Waals surface area contributed by atoms with Crippen LogP contribution in [0.2, 0.25) is 0 Å². The maximum absolute atomic E-state index is 5.95. The van der Waals surface area contributed by atoms with E-state index in [0.29, 0.717) is 18.0 Å². The number of rotatable bonds is 4. The van der Waals surface area contributed by atoms with Crippen LogP contribution in [0.3, 0.4) is 0 Å². The smallest absolute Gasteiger partial charge is 0.111 e. The van der Waals surface area contributed by atoms with Crippen molar-refractivity contribution in [1.29, 1.82) is 0 Å². The Labute approximate surface area is 124 Å². The van der Waals surface area contributed by atoms with Gasteiger partial charge in [0.15, 0.2) is 0 Å². The fourth-order valence-corrected chi connectivity index (χ4v) is 3.29. The second-order valence-corrected chi connectivity index (χ2v) is 6.00. The first-order valence-corrected chi connectivity index (χ1v) is 7.89. The van der Waals surface area contributed by atoms with Gasteiger partial charge in [-0.3, -0.25) is 0 Å². The predicted molar refractivity (Wildman–Crippen MR) is 82.6 cm³/mol. The second kappa shape index (κ2) is 5.74. The number of fused-ring (bicyclic) bond motifs is 1. The predicted octanol–water partition coefficient (Wildman–Crippen LogP) is 3.87. The van der Waals surface area contributed by atoms with Crippen molar-refractivity contribution in [2.24, 2.45) is 0 Å². The molecular weight excluding hydrogens is 272 g/mol. The largest absolute Gasteiger partial charge is 0.376 e. The van der Waals surface area contributed by atoms with Gasteiger partial charge >= 0.3 is 0 Å². The highest BCUT2D eigenvalue weighted by molar-refractivity contribution is 6.17. The summed E-state index contributed by atoms with van der Waals surface area (Å²) < 4.78 is 8.20. The molecule has 1 saturated heterocycles. The third-order valence-electron chi connectivity index (χ3n) is 4.15. The second-order valence-electron chi connectivity index (χ2n) is 5.62. The molecule has 3 nitrogen and oxygen atoms in total. The first-order chi connectivity index (χ1) is 9.70. The molecule has 0 N–H and O–H groups in total. The summed E-state index contributed by atoms with van der Waals surface area (Å²) in [4.78, 5) is 4.76. The average molecular weight is 293 g/mol. The molecule has 0 saturated carbocycles. The molecule has 2 aromatic rings. The number of aromatic nitrogens is 2. The molecule has 20 heavy (non-hydrogen) atoms. The van der Waals surface area contributed by atoms with Crippen molar-refractivity contribution in [3.05, 3.63) is 29.6 Å². The van der Waals surface area contributed by atoms with Gasteiger partial charge in [-0.2, -0.15) is 0 Å². The Morgan fingerprint density at radius 2 is 2.35 bits per heavy atom. The van der Waals surface area contributed by atoms with Gasteiger partial charge in [0.25, 0.3) is 0 Å². The highest BCUT2D eigenvalue weighted by Crippen LogP contribution is 2.30. The summed E-state index contributed by atoms with van der Waals surface area (Å²) in [6.07, 6.45) is 3.38. The lowest BCUT2D eigenvalue weighted by Crippen LogP contribution is -2.22. The lowest BCUT2D eigenvalue weighted by molar-refractivity contribution is 0.0736. The molecule has 0 aliphatic carbocycles. The number of alkyl halides is 1. The maximum Gasteiger partial charge on any atom is 0.111 e. The molecule has 1 fully saturated rings. The van der Waals surface area contributed by atoms with Crippen LogP contribution in [-0.4, -0.2) is 28.1 Å². The molecule has 1 aliphatic rings. The van der Waals surface area contributed by atoms with E-state index < -0.39 is 0 Å². The van der Waals surface area contributed by atoms with Gasteiger partial charge in [-0.25, -0.2) is 4.98 Å². The summed E-state index contributed by atoms with van der Waals surface area (Å²) >= 11 is 5.95. The van der Waals surface area contributed by atoms with Gasteiger partial charge in [-0.1, -0.05) is 6.07 Å². The maximum atomic E-state index is 5.95. The molecule has 2 heterocycles. The minimum Gasteiger partial charge on any atom is -0.376 e. The lowest BCUT2D eigenvalue weighted by atomic mass is 10.1. The zero-order valence-corrected chi connectivity index (χ0v) is 12.9. The molecule has 0 spiro atoms. The highest BCUT2D eigenvalue weighted by atomic mass is 35.5. The van der Waals surface area contributed by atoms with Crippen molar-refractivity contribution in [3.63, 3.8) is 0 Å². The minimum absolute atomic E-state index is 0.294. The molecule has 2 unspecified atom stereocenters. The van der Waals surface area contributed by atoms with Crippen LogP contribution in [0.15, 0.2) is 18.2 Å². The standard InChI is InChI=1S/C16H21ClN2O/c1-11-5-6-13-14(10-11)19(16(18-13)7-8-17)12(2)15-4-3-9-20-15/h5-6,10,12,15H,3-4,7-9H2,1-2H3. The Balaban J connectivity index is 2.09. The minimum atomic E-state index is 0.294. The Bertz CT molecular complexity index is 602. The van der Waals surface area contributed by atoms with Gasteiger partial charge < -0.3 is 9.30 Å². The van der Waals surface area contributed by atoms with Crippen LogP contribution >= 0.6 is 11.6 Å². The summed E-state index contributed by atoms with van der Waals surface area (Å²) in [5, 5.41) is 0. The molecule has 1 aromatic carbocycles. The first kappa shape index (κ1) is 13.9. The highest BCUT2D eigenvalue weighted by Gasteiger charge is 2.26. The van der Waals surface area contributed by atoms with E-state index in [1.165, 1.54) is 11.1 Å². The van der Waals surface area contributed by atoms with Crippen LogP contribution in [0.1, 0.15) is 37.2 Å². The van der Waals surface area contributed by atoms with Crippen molar-refractivity contribution < 1.29 is 4.74 Å². The molecule has 108 valence electrons. The number of nitrogens with zero attached hydrogens (tertiary/aromatic N) is 2. The van der Waals surface area contributed by atoms with Crippen molar-refractivity contribution >= 4 is 22.6 Å². The van der Waals surface area contributed by atoms with E-state index in [1.54, 1.807) is 0 Å². The molecule has 0 bridgehead atoms. The van der Waals surface area contributed by atoms with Crippen LogP contribution in [-0.2, 0) is 11.2 Å². The van der Waals surface area contributed by atoms with E-state index in [0.717, 1.165) is 37.2 Å². The number of hydrogen-bond donors (Lipinski definition) is 0. The van der Waals surface area contributed by atoms with Crippen molar-refractivity contribution in [1.82, 2.24) is 9.55 Å². The summed E-state index contributed by atoms with van der Waals surface area (Å²) in [5.41, 5.74) is 3.52. The summed E-state index contributed by atoms with van der Waals surface area (Å²) in [5.74, 6) is 1.67. The topological polar surface area (TPSA) is 27.1 Å². The SMILES string of the molecule is Cc1ccc2nc(CCCl)n(C(C)C3CCCO3)c2c1. The van der Waals surface area contributed by atoms with Crippen molar-refractivity contribution in [2.75, 3.05) is 12.5 Å². The van der Waals surface area contributed by atoms with E-state index in [4.69, 9.17) is 21.3 Å². The molecule has 0 amide bonds. The zero-order valence-electron chi connectivity index (χ0n) is 12.1. The van der Waals surface area contributed by atoms with Crippen LogP contribution in [0.25, 0.3) is 11.0 Å². The summed E-state index contributed by atoms with van der Waals surface area (Å²) in [6.45, 7) is 5.23. The van der Waals surface area contributed by atoms with Gasteiger partial charge in [0.2, 0.25) is 0 Å². The van der Waals surface area contributed by atoms with Crippen LogP contribution in [0.4, 0.5) is 0 Å². The van der Waals surface area contributed by atoms with Crippen LogP contribution in [0, 0.1) is 6.92 Å². The number of benzene rings is 1. The molecule has 1 aliphatic heterocycles. The average Bonchev–Trinajstić information content (AvgIpc) is 3.05. The lowest BCUT2D eigenvalue weighted by Gasteiger charge is -2.23. The Morgan fingerprint density at radius 1 is 1.50 bits per heavy atom. The number of ether oxygens (including phenoxy) is 1. The third-order valence-corrected chi connectivity index (χ3v) is 4.34. The summed E-state index contributed by atoms with van der Waals surface area (Å²) in [6, 6.07) is 6.73. The van der Waals surface area contributed by atoms with Crippen LogP contribution in [0.5, 0.6) is 0 Å². The molecule has 3 rings (SSSR count). The van der Waals surface area contributed by atoms with Gasteiger partial charge in [0.05, 0.1) is 23.2 Å². The van der Waals surface area contributed by atoms with Gasteiger partial charge in [0, 0.05) is 18.9 Å². The van der Waals surface area contributed by atoms with Gasteiger partial charge in [0.1, 0.15) is 5.82 Å². The fraction of sp³-hybridized carbons (Fsp3) is 0.562. The quantitative estimate of drug-likeness (QED) is 0.800. The number of halogens is 1. The Hall–Kier alpha value is -1.06. The monoisotopic (exact) mass is 292 g/mol. The number of hydrogen-bond acceptors (Lipinski definition) is 2. The molecule has 2 atom stereocenters. The Morgan fingerprint density at radius 3 is 3.05 bits per heavy atom. The van der Waals surface area contributed by atoms with Crippen LogP contribution < -0.4 is 0 Å². The Kier molecular flexibility index (Phi) is 3.99. The zero-order chi connectivity index (χ0) is 14.1. The number of aryl methyl sites for hydroxylation is 2. The van der Waals surface area contributed by atoms with Gasteiger partial charge in [-0.15, -0.1) is 11.6 Å². The fourth-order valence-electron chi connectivity index (χ4n) is 3.12. The van der Waals surface area contributed by atoms with Crippen molar-refractivity contribution in [2.45, 2.75) is 45.3 Å². The van der Waals surface area contributed by atoms with E-state index in [1.807, 2.05) is 0 Å². The normalized spacial score (nSPS) is 20.6. The third kappa shape index (κ3) is 2.45. The molecule has 1 aromatic heterocycles. The summed E-state index contributed by atoms with van der Waals surface area (Å²) in [7, 11) is 0.